The van der Waals surface area contributed by atoms with E-state index in [0.29, 0.717) is 34.4 Å². The SMILES string of the molecule is COC1=CCC2(C)C(CCC3(C)C4CCC5(C)CC(=O)C(C(C)C)=C5C4CCC32)C1(C)C. The lowest BCUT2D eigenvalue weighted by molar-refractivity contribution is -0.164. The van der Waals surface area contributed by atoms with E-state index in [1.54, 1.807) is 5.57 Å². The molecule has 7 unspecified atom stereocenters. The lowest BCUT2D eigenvalue weighted by Crippen LogP contribution is -2.60. The summed E-state index contributed by atoms with van der Waals surface area (Å²) in [7, 11) is 1.86. The lowest BCUT2D eigenvalue weighted by Gasteiger charge is -2.67. The first-order valence-electron chi connectivity index (χ1n) is 13.4. The number of Topliss-reactive ketones (excluding diaryl/α,β-unsaturated/α-hetero) is 1. The van der Waals surface area contributed by atoms with Crippen molar-refractivity contribution in [1.82, 2.24) is 0 Å². The van der Waals surface area contributed by atoms with Gasteiger partial charge in [0, 0.05) is 11.8 Å². The third kappa shape index (κ3) is 2.73. The summed E-state index contributed by atoms with van der Waals surface area (Å²) in [5.74, 6) is 4.90. The molecule has 0 aromatic heterocycles. The highest BCUT2D eigenvalue weighted by Gasteiger charge is 2.65. The van der Waals surface area contributed by atoms with E-state index in [1.165, 1.54) is 49.9 Å². The Morgan fingerprint density at radius 3 is 2.31 bits per heavy atom. The Balaban J connectivity index is 1.55. The Hall–Kier alpha value is -1.05. The van der Waals surface area contributed by atoms with Gasteiger partial charge < -0.3 is 4.74 Å². The maximum Gasteiger partial charge on any atom is 0.159 e. The van der Waals surface area contributed by atoms with E-state index >= 15 is 0 Å². The Kier molecular flexibility index (Phi) is 4.96. The maximum atomic E-state index is 13.1. The average Bonchev–Trinajstić information content (AvgIpc) is 2.97. The van der Waals surface area contributed by atoms with Crippen LogP contribution in [0.25, 0.3) is 0 Å². The quantitative estimate of drug-likeness (QED) is 0.441. The Morgan fingerprint density at radius 1 is 0.938 bits per heavy atom. The topological polar surface area (TPSA) is 26.3 Å². The van der Waals surface area contributed by atoms with Crippen molar-refractivity contribution in [3.05, 3.63) is 23.0 Å². The van der Waals surface area contributed by atoms with Crippen molar-refractivity contribution in [2.24, 2.45) is 51.2 Å². The molecule has 7 atom stereocenters. The first-order valence-corrected chi connectivity index (χ1v) is 13.4. The molecule has 5 aliphatic rings. The van der Waals surface area contributed by atoms with Crippen LogP contribution in [0, 0.1) is 51.2 Å². The number of hydrogen-bond donors (Lipinski definition) is 0. The van der Waals surface area contributed by atoms with Gasteiger partial charge in [0.25, 0.3) is 0 Å². The first kappa shape index (κ1) is 22.7. The van der Waals surface area contributed by atoms with Crippen LogP contribution in [-0.4, -0.2) is 12.9 Å². The Morgan fingerprint density at radius 2 is 1.66 bits per heavy atom. The van der Waals surface area contributed by atoms with Crippen LogP contribution >= 0.6 is 0 Å². The fourth-order valence-electron chi connectivity index (χ4n) is 10.5. The number of fused-ring (bicyclic) bond motifs is 7. The minimum Gasteiger partial charge on any atom is -0.501 e. The summed E-state index contributed by atoms with van der Waals surface area (Å²) in [5, 5.41) is 0. The van der Waals surface area contributed by atoms with Crippen molar-refractivity contribution in [3.63, 3.8) is 0 Å². The molecule has 0 bridgehead atoms. The Bertz CT molecular complexity index is 891. The smallest absolute Gasteiger partial charge is 0.159 e. The largest absolute Gasteiger partial charge is 0.501 e. The van der Waals surface area contributed by atoms with E-state index < -0.39 is 0 Å². The van der Waals surface area contributed by atoms with Gasteiger partial charge in [-0.1, -0.05) is 54.0 Å². The van der Waals surface area contributed by atoms with Gasteiger partial charge in [-0.05, 0) is 102 Å². The molecule has 0 spiro atoms. The van der Waals surface area contributed by atoms with Gasteiger partial charge >= 0.3 is 0 Å². The fourth-order valence-corrected chi connectivity index (χ4v) is 10.5. The normalized spacial score (nSPS) is 47.4. The molecule has 3 saturated carbocycles. The minimum absolute atomic E-state index is 0.121. The number of carbonyl (C=O) groups is 1. The van der Waals surface area contributed by atoms with E-state index in [4.69, 9.17) is 4.74 Å². The van der Waals surface area contributed by atoms with Crippen molar-refractivity contribution in [2.75, 3.05) is 7.11 Å². The summed E-state index contributed by atoms with van der Waals surface area (Å²) in [6.45, 7) is 17.0. The van der Waals surface area contributed by atoms with E-state index in [1.807, 2.05) is 7.11 Å². The van der Waals surface area contributed by atoms with Crippen LogP contribution in [0.1, 0.15) is 99.8 Å². The van der Waals surface area contributed by atoms with Crippen LogP contribution in [0.15, 0.2) is 23.0 Å². The fraction of sp³-hybridized carbons (Fsp3) is 0.833. The van der Waals surface area contributed by atoms with Crippen LogP contribution in [0.5, 0.6) is 0 Å². The predicted octanol–water partition coefficient (Wildman–Crippen LogP) is 7.74. The highest BCUT2D eigenvalue weighted by molar-refractivity contribution is 6.00. The number of methoxy groups -OCH3 is 1. The number of carbonyl (C=O) groups excluding carboxylic acids is 1. The highest BCUT2D eigenvalue weighted by atomic mass is 16.5. The van der Waals surface area contributed by atoms with Crippen LogP contribution in [0.2, 0.25) is 0 Å². The van der Waals surface area contributed by atoms with E-state index in [0.717, 1.165) is 24.7 Å². The molecular weight excluding hydrogens is 392 g/mol. The number of hydrogen-bond acceptors (Lipinski definition) is 2. The molecule has 3 fully saturated rings. The summed E-state index contributed by atoms with van der Waals surface area (Å²) in [6, 6.07) is 0. The molecule has 178 valence electrons. The van der Waals surface area contributed by atoms with Gasteiger partial charge in [-0.25, -0.2) is 0 Å². The molecule has 5 rings (SSSR count). The first-order chi connectivity index (χ1) is 14.9. The van der Waals surface area contributed by atoms with Crippen LogP contribution < -0.4 is 0 Å². The average molecular weight is 439 g/mol. The molecule has 0 aromatic rings. The van der Waals surface area contributed by atoms with Crippen molar-refractivity contribution < 1.29 is 9.53 Å². The summed E-state index contributed by atoms with van der Waals surface area (Å²) in [6.07, 6.45) is 12.2. The van der Waals surface area contributed by atoms with Gasteiger partial charge in [-0.2, -0.15) is 0 Å². The monoisotopic (exact) mass is 438 g/mol. The second-order valence-corrected chi connectivity index (χ2v) is 13.8. The molecule has 0 heterocycles. The number of allylic oxidation sites excluding steroid dienone is 4. The van der Waals surface area contributed by atoms with Crippen LogP contribution in [-0.2, 0) is 9.53 Å². The van der Waals surface area contributed by atoms with Crippen LogP contribution in [0.4, 0.5) is 0 Å². The summed E-state index contributed by atoms with van der Waals surface area (Å²) in [4.78, 5) is 13.1. The van der Waals surface area contributed by atoms with Crippen LogP contribution in [0.3, 0.4) is 0 Å². The lowest BCUT2D eigenvalue weighted by atomic mass is 9.37. The number of ketones is 1. The van der Waals surface area contributed by atoms with Gasteiger partial charge in [0.15, 0.2) is 5.78 Å². The molecule has 0 saturated heterocycles. The van der Waals surface area contributed by atoms with E-state index in [9.17, 15) is 4.79 Å². The summed E-state index contributed by atoms with van der Waals surface area (Å²) < 4.78 is 5.87. The Labute approximate surface area is 196 Å². The molecule has 0 aromatic carbocycles. The van der Waals surface area contributed by atoms with E-state index in [2.05, 4.69) is 54.5 Å². The zero-order chi connectivity index (χ0) is 23.3. The van der Waals surface area contributed by atoms with Gasteiger partial charge in [-0.3, -0.25) is 4.79 Å². The van der Waals surface area contributed by atoms with Gasteiger partial charge in [-0.15, -0.1) is 0 Å². The van der Waals surface area contributed by atoms with Crippen molar-refractivity contribution in [2.45, 2.75) is 99.8 Å². The third-order valence-corrected chi connectivity index (χ3v) is 11.7. The molecule has 0 radical (unpaired) electrons. The van der Waals surface area contributed by atoms with Gasteiger partial charge in [0.2, 0.25) is 0 Å². The molecule has 5 aliphatic carbocycles. The zero-order valence-electron chi connectivity index (χ0n) is 21.9. The third-order valence-electron chi connectivity index (χ3n) is 11.7. The minimum atomic E-state index is 0.121. The molecule has 2 heteroatoms. The second kappa shape index (κ2) is 6.98. The van der Waals surface area contributed by atoms with Crippen molar-refractivity contribution in [3.8, 4) is 0 Å². The molecule has 0 aliphatic heterocycles. The zero-order valence-corrected chi connectivity index (χ0v) is 21.9. The predicted molar refractivity (Wildman–Crippen MR) is 131 cm³/mol. The highest BCUT2D eigenvalue weighted by Crippen LogP contribution is 2.72. The number of rotatable bonds is 2. The van der Waals surface area contributed by atoms with Gasteiger partial charge in [0.05, 0.1) is 12.9 Å². The second-order valence-electron chi connectivity index (χ2n) is 13.8. The molecule has 0 amide bonds. The van der Waals surface area contributed by atoms with Crippen molar-refractivity contribution >= 4 is 5.78 Å². The number of ether oxygens (including phenoxy) is 1. The summed E-state index contributed by atoms with van der Waals surface area (Å²) in [5.41, 5.74) is 3.86. The van der Waals surface area contributed by atoms with Gasteiger partial charge in [0.1, 0.15) is 0 Å². The standard InChI is InChI=1S/C30H46O2/c1-18(2)25-21(31)17-28(5)14-11-20-19(26(25)28)9-10-23-29(20,6)15-12-22-27(3,4)24(32-8)13-16-30(22,23)7/h13,18-20,22-23H,9-12,14-17H2,1-8H3. The molecule has 2 nitrogen and oxygen atoms in total. The molecule has 0 N–H and O–H groups in total. The molecule has 32 heavy (non-hydrogen) atoms. The van der Waals surface area contributed by atoms with E-state index in [-0.39, 0.29) is 10.8 Å². The maximum absolute atomic E-state index is 13.1. The molecular formula is C30H46O2. The summed E-state index contributed by atoms with van der Waals surface area (Å²) >= 11 is 0. The van der Waals surface area contributed by atoms with Crippen molar-refractivity contribution in [1.29, 1.82) is 0 Å².